The number of unbranched alkanes of at least 4 members (excludes halogenated alkanes) is 4. The summed E-state index contributed by atoms with van der Waals surface area (Å²) >= 11 is 5.84. The van der Waals surface area contributed by atoms with Crippen molar-refractivity contribution in [1.29, 1.82) is 0 Å². The number of carbonyl (C=O) groups excluding carboxylic acids is 2. The zero-order chi connectivity index (χ0) is 19.5. The Kier molecular flexibility index (Phi) is 9.38. The van der Waals surface area contributed by atoms with Gasteiger partial charge >= 0.3 is 5.97 Å². The molecule has 0 aromatic heterocycles. The third kappa shape index (κ3) is 8.15. The number of halogens is 1. The smallest absolute Gasteiger partial charge is 0.325 e. The predicted octanol–water partition coefficient (Wildman–Crippen LogP) is 2.91. The van der Waals surface area contributed by atoms with Crippen LogP contribution in [0.2, 0.25) is 5.02 Å². The fourth-order valence-corrected chi connectivity index (χ4v) is 2.91. The summed E-state index contributed by atoms with van der Waals surface area (Å²) in [6.45, 7) is 2.99. The summed E-state index contributed by atoms with van der Waals surface area (Å²) in [6.07, 6.45) is 4.95. The second-order valence-electron chi connectivity index (χ2n) is 6.44. The maximum absolute atomic E-state index is 12.0. The number of amides is 1. The number of phenols is 1. The number of hydrogen-bond acceptors (Lipinski definition) is 6. The van der Waals surface area contributed by atoms with Crippen molar-refractivity contribution in [3.8, 4) is 5.75 Å². The quantitative estimate of drug-likeness (QED) is 0.589. The lowest BCUT2D eigenvalue weighted by Crippen LogP contribution is -2.37. The Balaban J connectivity index is 1.48. The molecule has 0 bridgehead atoms. The van der Waals surface area contributed by atoms with Crippen LogP contribution < -0.4 is 5.32 Å². The van der Waals surface area contributed by atoms with Gasteiger partial charge in [0.05, 0.1) is 31.9 Å². The number of aromatic hydroxyl groups is 1. The summed E-state index contributed by atoms with van der Waals surface area (Å²) in [5.74, 6) is -0.604. The van der Waals surface area contributed by atoms with Crippen LogP contribution >= 0.6 is 11.6 Å². The molecule has 2 N–H and O–H groups in total. The fourth-order valence-electron chi connectivity index (χ4n) is 2.74. The monoisotopic (exact) mass is 398 g/mol. The van der Waals surface area contributed by atoms with Gasteiger partial charge in [-0.05, 0) is 31.0 Å². The topological polar surface area (TPSA) is 88.1 Å². The third-order valence-corrected chi connectivity index (χ3v) is 4.48. The van der Waals surface area contributed by atoms with Gasteiger partial charge < -0.3 is 20.0 Å². The van der Waals surface area contributed by atoms with E-state index in [9.17, 15) is 14.7 Å². The van der Waals surface area contributed by atoms with Gasteiger partial charge in [-0.1, -0.05) is 30.9 Å². The average Bonchev–Trinajstić information content (AvgIpc) is 2.66. The molecular formula is C19H27ClN2O5. The van der Waals surface area contributed by atoms with Crippen molar-refractivity contribution in [1.82, 2.24) is 10.4 Å². The lowest BCUT2D eigenvalue weighted by atomic mass is 10.1. The Labute approximate surface area is 164 Å². The van der Waals surface area contributed by atoms with Crippen LogP contribution in [0.15, 0.2) is 18.2 Å². The average molecular weight is 399 g/mol. The van der Waals surface area contributed by atoms with Gasteiger partial charge in [-0.15, -0.1) is 5.06 Å². The van der Waals surface area contributed by atoms with Gasteiger partial charge in [-0.2, -0.15) is 0 Å². The van der Waals surface area contributed by atoms with E-state index in [1.807, 2.05) is 0 Å². The van der Waals surface area contributed by atoms with Crippen molar-refractivity contribution in [2.45, 2.75) is 38.5 Å². The molecule has 1 aromatic carbocycles. The standard InChI is InChI=1S/C19H27ClN2O5/c20-15-7-8-17(23)16(14-15)19(25)21-9-5-3-1-2-4-6-18(24)27-22-10-12-26-13-11-22/h7-8,14,23H,1-6,9-13H2,(H,21,25). The van der Waals surface area contributed by atoms with E-state index in [0.29, 0.717) is 44.3 Å². The van der Waals surface area contributed by atoms with Gasteiger partial charge in [0.15, 0.2) is 0 Å². The van der Waals surface area contributed by atoms with E-state index in [-0.39, 0.29) is 23.2 Å². The lowest BCUT2D eigenvalue weighted by Gasteiger charge is -2.24. The van der Waals surface area contributed by atoms with Crippen LogP contribution in [0.5, 0.6) is 5.75 Å². The zero-order valence-electron chi connectivity index (χ0n) is 15.4. The van der Waals surface area contributed by atoms with Gasteiger partial charge in [-0.25, -0.2) is 0 Å². The molecule has 1 heterocycles. The van der Waals surface area contributed by atoms with E-state index in [1.54, 1.807) is 5.06 Å². The van der Waals surface area contributed by atoms with Crippen molar-refractivity contribution in [3.05, 3.63) is 28.8 Å². The summed E-state index contributed by atoms with van der Waals surface area (Å²) < 4.78 is 5.20. The Bertz CT molecular complexity index is 620. The number of nitrogens with one attached hydrogen (secondary N) is 1. The Morgan fingerprint density at radius 3 is 2.63 bits per heavy atom. The molecule has 1 aliphatic rings. The largest absolute Gasteiger partial charge is 0.507 e. The molecular weight excluding hydrogens is 372 g/mol. The zero-order valence-corrected chi connectivity index (χ0v) is 16.2. The number of morpholine rings is 1. The summed E-state index contributed by atoms with van der Waals surface area (Å²) in [7, 11) is 0. The molecule has 0 atom stereocenters. The maximum atomic E-state index is 12.0. The molecule has 2 rings (SSSR count). The molecule has 150 valence electrons. The van der Waals surface area contributed by atoms with E-state index in [1.165, 1.54) is 18.2 Å². The maximum Gasteiger partial charge on any atom is 0.325 e. The van der Waals surface area contributed by atoms with Crippen LogP contribution in [0.1, 0.15) is 48.9 Å². The molecule has 7 nitrogen and oxygen atoms in total. The van der Waals surface area contributed by atoms with Crippen LogP contribution in [0.25, 0.3) is 0 Å². The molecule has 0 spiro atoms. The van der Waals surface area contributed by atoms with Crippen molar-refractivity contribution < 1.29 is 24.3 Å². The van der Waals surface area contributed by atoms with Crippen LogP contribution in [0, 0.1) is 0 Å². The highest BCUT2D eigenvalue weighted by molar-refractivity contribution is 6.31. The summed E-state index contributed by atoms with van der Waals surface area (Å²) in [6, 6.07) is 4.38. The molecule has 1 aromatic rings. The Morgan fingerprint density at radius 1 is 1.15 bits per heavy atom. The number of rotatable bonds is 10. The van der Waals surface area contributed by atoms with E-state index >= 15 is 0 Å². The van der Waals surface area contributed by atoms with Crippen LogP contribution in [-0.4, -0.2) is 54.9 Å². The normalized spacial score (nSPS) is 14.7. The second-order valence-corrected chi connectivity index (χ2v) is 6.88. The van der Waals surface area contributed by atoms with Crippen LogP contribution in [0.4, 0.5) is 0 Å². The second kappa shape index (κ2) is 11.8. The van der Waals surface area contributed by atoms with Gasteiger partial charge in [0, 0.05) is 18.0 Å². The first-order chi connectivity index (χ1) is 13.1. The van der Waals surface area contributed by atoms with Crippen LogP contribution in [-0.2, 0) is 14.4 Å². The molecule has 0 radical (unpaired) electrons. The minimum Gasteiger partial charge on any atom is -0.507 e. The first kappa shape index (κ1) is 21.5. The highest BCUT2D eigenvalue weighted by atomic mass is 35.5. The van der Waals surface area contributed by atoms with E-state index in [2.05, 4.69) is 5.32 Å². The number of hydroxylamine groups is 2. The number of ether oxygens (including phenoxy) is 1. The third-order valence-electron chi connectivity index (χ3n) is 4.25. The van der Waals surface area contributed by atoms with E-state index in [0.717, 1.165) is 32.1 Å². The van der Waals surface area contributed by atoms with E-state index < -0.39 is 0 Å². The minimum atomic E-state index is -0.333. The highest BCUT2D eigenvalue weighted by Crippen LogP contribution is 2.21. The first-order valence-electron chi connectivity index (χ1n) is 9.36. The number of carbonyl (C=O) groups is 2. The van der Waals surface area contributed by atoms with Gasteiger partial charge in [0.25, 0.3) is 5.91 Å². The van der Waals surface area contributed by atoms with Crippen molar-refractivity contribution in [2.75, 3.05) is 32.8 Å². The lowest BCUT2D eigenvalue weighted by molar-refractivity contribution is -0.205. The fraction of sp³-hybridized carbons (Fsp3) is 0.579. The highest BCUT2D eigenvalue weighted by Gasteiger charge is 2.15. The SMILES string of the molecule is O=C(CCCCCCCNC(=O)c1cc(Cl)ccc1O)ON1CCOCC1. The van der Waals surface area contributed by atoms with Gasteiger partial charge in [-0.3, -0.25) is 9.59 Å². The molecule has 0 saturated carbocycles. The summed E-state index contributed by atoms with van der Waals surface area (Å²) in [4.78, 5) is 29.0. The Morgan fingerprint density at radius 2 is 1.85 bits per heavy atom. The molecule has 1 saturated heterocycles. The molecule has 0 aliphatic carbocycles. The number of nitrogens with zero attached hydrogens (tertiary/aromatic N) is 1. The molecule has 1 fully saturated rings. The molecule has 1 aliphatic heterocycles. The van der Waals surface area contributed by atoms with Crippen molar-refractivity contribution in [2.24, 2.45) is 0 Å². The number of phenolic OH excluding ortho intramolecular Hbond substituents is 1. The van der Waals surface area contributed by atoms with Crippen LogP contribution in [0.3, 0.4) is 0 Å². The van der Waals surface area contributed by atoms with Gasteiger partial charge in [0.1, 0.15) is 5.75 Å². The number of hydrogen-bond donors (Lipinski definition) is 2. The molecule has 8 heteroatoms. The Hall–Kier alpha value is -1.83. The minimum absolute atomic E-state index is 0.0825. The first-order valence-corrected chi connectivity index (χ1v) is 9.74. The summed E-state index contributed by atoms with van der Waals surface area (Å²) in [5, 5.41) is 14.5. The van der Waals surface area contributed by atoms with Gasteiger partial charge in [0.2, 0.25) is 0 Å². The van der Waals surface area contributed by atoms with E-state index in [4.69, 9.17) is 21.2 Å². The predicted molar refractivity (Wildman–Crippen MR) is 102 cm³/mol. The van der Waals surface area contributed by atoms with Crippen molar-refractivity contribution >= 4 is 23.5 Å². The molecule has 1 amide bonds. The van der Waals surface area contributed by atoms with Crippen molar-refractivity contribution in [3.63, 3.8) is 0 Å². The number of benzene rings is 1. The summed E-state index contributed by atoms with van der Waals surface area (Å²) in [5.41, 5.74) is 0.182. The molecule has 0 unspecified atom stereocenters. The molecule has 27 heavy (non-hydrogen) atoms.